The number of hydrogen-bond donors (Lipinski definition) is 1. The molecule has 1 amide bonds. The molecule has 2 aromatic carbocycles. The van der Waals surface area contributed by atoms with Crippen LogP contribution in [-0.4, -0.2) is 17.0 Å². The fourth-order valence-corrected chi connectivity index (χ4v) is 2.37. The van der Waals surface area contributed by atoms with Crippen LogP contribution >= 0.6 is 0 Å². The lowest BCUT2D eigenvalue weighted by atomic mass is 10.2. The number of rotatable bonds is 7. The summed E-state index contributed by atoms with van der Waals surface area (Å²) in [4.78, 5) is 22.2. The summed E-state index contributed by atoms with van der Waals surface area (Å²) in [6.45, 7) is 1.99. The summed E-state index contributed by atoms with van der Waals surface area (Å²) in [6.07, 6.45) is 1.47. The number of hydrazone groups is 1. The minimum Gasteiger partial charge on any atom is -0.488 e. The zero-order valence-corrected chi connectivity index (χ0v) is 15.0. The number of nitrogens with one attached hydrogen (secondary N) is 1. The predicted molar refractivity (Wildman–Crippen MR) is 102 cm³/mol. The van der Waals surface area contributed by atoms with E-state index in [9.17, 15) is 14.9 Å². The first-order valence-corrected chi connectivity index (χ1v) is 8.38. The number of carbonyl (C=O) groups excluding carboxylic acids is 1. The second kappa shape index (κ2) is 8.63. The lowest BCUT2D eigenvalue weighted by molar-refractivity contribution is -0.384. The molecule has 0 fully saturated rings. The minimum absolute atomic E-state index is 0.0266. The minimum atomic E-state index is -0.450. The molecule has 1 N–H and O–H groups in total. The largest absolute Gasteiger partial charge is 0.488 e. The van der Waals surface area contributed by atoms with Crippen LogP contribution in [0.1, 0.15) is 27.4 Å². The Balaban J connectivity index is 1.62. The summed E-state index contributed by atoms with van der Waals surface area (Å²) >= 11 is 0. The summed E-state index contributed by atoms with van der Waals surface area (Å²) in [5.74, 6) is 0.929. The SMILES string of the molecule is Cc1ccc(C(=O)N/N=C\c2ccccc2OCc2ccc([N+](=O)[O-])cc2)o1. The molecule has 0 saturated heterocycles. The van der Waals surface area contributed by atoms with Crippen molar-refractivity contribution < 1.29 is 18.9 Å². The average molecular weight is 379 g/mol. The normalized spacial score (nSPS) is 10.8. The number of ether oxygens (including phenoxy) is 1. The van der Waals surface area contributed by atoms with Gasteiger partial charge in [-0.05, 0) is 48.9 Å². The Morgan fingerprint density at radius 3 is 2.61 bits per heavy atom. The smallest absolute Gasteiger partial charge is 0.307 e. The molecule has 3 rings (SSSR count). The number of aryl methyl sites for hydroxylation is 1. The topological polar surface area (TPSA) is 107 Å². The monoisotopic (exact) mass is 379 g/mol. The van der Waals surface area contributed by atoms with Gasteiger partial charge in [0.1, 0.15) is 18.1 Å². The number of nitrogens with zero attached hydrogens (tertiary/aromatic N) is 2. The van der Waals surface area contributed by atoms with Crippen LogP contribution in [0.15, 0.2) is 70.2 Å². The Hall–Kier alpha value is -3.94. The molecule has 3 aromatic rings. The maximum atomic E-state index is 11.9. The molecule has 0 atom stereocenters. The second-order valence-corrected chi connectivity index (χ2v) is 5.86. The van der Waals surface area contributed by atoms with Crippen molar-refractivity contribution in [2.75, 3.05) is 0 Å². The highest BCUT2D eigenvalue weighted by Gasteiger charge is 2.09. The highest BCUT2D eigenvalue weighted by atomic mass is 16.6. The van der Waals surface area contributed by atoms with Crippen LogP contribution in [0.2, 0.25) is 0 Å². The molecule has 1 heterocycles. The lowest BCUT2D eigenvalue weighted by Crippen LogP contribution is -2.16. The Morgan fingerprint density at radius 2 is 1.93 bits per heavy atom. The highest BCUT2D eigenvalue weighted by Crippen LogP contribution is 2.19. The van der Waals surface area contributed by atoms with Crippen LogP contribution in [0.3, 0.4) is 0 Å². The number of amides is 1. The number of non-ortho nitro benzene ring substituents is 1. The molecule has 8 heteroatoms. The third-order valence-corrected chi connectivity index (χ3v) is 3.79. The van der Waals surface area contributed by atoms with Gasteiger partial charge in [-0.25, -0.2) is 5.43 Å². The molecule has 8 nitrogen and oxygen atoms in total. The van der Waals surface area contributed by atoms with E-state index >= 15 is 0 Å². The van der Waals surface area contributed by atoms with Crippen LogP contribution in [-0.2, 0) is 6.61 Å². The Bertz CT molecular complexity index is 1010. The van der Waals surface area contributed by atoms with E-state index in [2.05, 4.69) is 10.5 Å². The summed E-state index contributed by atoms with van der Waals surface area (Å²) in [5, 5.41) is 14.6. The molecule has 0 radical (unpaired) electrons. The molecule has 0 bridgehead atoms. The van der Waals surface area contributed by atoms with Gasteiger partial charge in [-0.15, -0.1) is 0 Å². The first-order valence-electron chi connectivity index (χ1n) is 8.38. The van der Waals surface area contributed by atoms with Crippen LogP contribution in [0, 0.1) is 17.0 Å². The summed E-state index contributed by atoms with van der Waals surface area (Å²) < 4.78 is 11.0. The van der Waals surface area contributed by atoms with Crippen molar-refractivity contribution in [3.63, 3.8) is 0 Å². The van der Waals surface area contributed by atoms with Gasteiger partial charge in [-0.3, -0.25) is 14.9 Å². The van der Waals surface area contributed by atoms with E-state index in [0.29, 0.717) is 17.1 Å². The number of para-hydroxylation sites is 1. The van der Waals surface area contributed by atoms with Crippen LogP contribution in [0.5, 0.6) is 5.75 Å². The molecule has 1 aromatic heterocycles. The molecule has 0 aliphatic rings. The van der Waals surface area contributed by atoms with E-state index in [1.807, 2.05) is 12.1 Å². The van der Waals surface area contributed by atoms with Crippen LogP contribution < -0.4 is 10.2 Å². The average Bonchev–Trinajstić information content (AvgIpc) is 3.14. The van der Waals surface area contributed by atoms with Crippen molar-refractivity contribution in [3.8, 4) is 5.75 Å². The van der Waals surface area contributed by atoms with Crippen molar-refractivity contribution in [1.82, 2.24) is 5.43 Å². The number of nitro groups is 1. The van der Waals surface area contributed by atoms with Gasteiger partial charge in [-0.2, -0.15) is 5.10 Å². The van der Waals surface area contributed by atoms with Crippen molar-refractivity contribution >= 4 is 17.8 Å². The molecule has 0 aliphatic carbocycles. The Labute approximate surface area is 160 Å². The fourth-order valence-electron chi connectivity index (χ4n) is 2.37. The first kappa shape index (κ1) is 18.8. The third-order valence-electron chi connectivity index (χ3n) is 3.79. The maximum Gasteiger partial charge on any atom is 0.307 e. The number of nitro benzene ring substituents is 1. The quantitative estimate of drug-likeness (QED) is 0.381. The highest BCUT2D eigenvalue weighted by molar-refractivity contribution is 5.92. The Morgan fingerprint density at radius 1 is 1.18 bits per heavy atom. The fraction of sp³-hybridized carbons (Fsp3) is 0.100. The second-order valence-electron chi connectivity index (χ2n) is 5.86. The van der Waals surface area contributed by atoms with Crippen molar-refractivity contribution in [2.45, 2.75) is 13.5 Å². The molecule has 28 heavy (non-hydrogen) atoms. The summed E-state index contributed by atoms with van der Waals surface area (Å²) in [6, 6.07) is 16.6. The van der Waals surface area contributed by atoms with Gasteiger partial charge in [0.2, 0.25) is 0 Å². The van der Waals surface area contributed by atoms with Crippen molar-refractivity contribution in [3.05, 3.63) is 93.4 Å². The molecular weight excluding hydrogens is 362 g/mol. The van der Waals surface area contributed by atoms with E-state index in [1.54, 1.807) is 43.3 Å². The number of benzene rings is 2. The van der Waals surface area contributed by atoms with E-state index in [4.69, 9.17) is 9.15 Å². The maximum absolute atomic E-state index is 11.9. The third kappa shape index (κ3) is 4.82. The van der Waals surface area contributed by atoms with Crippen LogP contribution in [0.25, 0.3) is 0 Å². The molecule has 142 valence electrons. The predicted octanol–water partition coefficient (Wildman–Crippen LogP) is 3.84. The molecule has 0 unspecified atom stereocenters. The van der Waals surface area contributed by atoms with Crippen LogP contribution in [0.4, 0.5) is 5.69 Å². The van der Waals surface area contributed by atoms with E-state index < -0.39 is 10.8 Å². The van der Waals surface area contributed by atoms with Gasteiger partial charge >= 0.3 is 5.91 Å². The standard InChI is InChI=1S/C20H17N3O5/c1-14-6-11-19(28-14)20(24)22-21-12-16-4-2-3-5-18(16)27-13-15-7-9-17(10-8-15)23(25)26/h2-12H,13H2,1H3,(H,22,24)/b21-12-. The van der Waals surface area contributed by atoms with E-state index in [-0.39, 0.29) is 18.1 Å². The van der Waals surface area contributed by atoms with Gasteiger partial charge in [0.25, 0.3) is 5.69 Å². The zero-order chi connectivity index (χ0) is 19.9. The van der Waals surface area contributed by atoms with Gasteiger partial charge in [0.15, 0.2) is 5.76 Å². The molecule has 0 saturated carbocycles. The van der Waals surface area contributed by atoms with Crippen molar-refractivity contribution in [1.29, 1.82) is 0 Å². The summed E-state index contributed by atoms with van der Waals surface area (Å²) in [7, 11) is 0. The van der Waals surface area contributed by atoms with Gasteiger partial charge in [0.05, 0.1) is 11.1 Å². The molecule has 0 aliphatic heterocycles. The Kier molecular flexibility index (Phi) is 5.81. The van der Waals surface area contributed by atoms with Crippen molar-refractivity contribution in [2.24, 2.45) is 5.10 Å². The molecule has 0 spiro atoms. The van der Waals surface area contributed by atoms with Gasteiger partial charge in [-0.1, -0.05) is 12.1 Å². The summed E-state index contributed by atoms with van der Waals surface area (Å²) in [5.41, 5.74) is 3.88. The number of carbonyl (C=O) groups is 1. The van der Waals surface area contributed by atoms with E-state index in [1.165, 1.54) is 18.3 Å². The lowest BCUT2D eigenvalue weighted by Gasteiger charge is -2.09. The molecular formula is C20H17N3O5. The van der Waals surface area contributed by atoms with Gasteiger partial charge < -0.3 is 9.15 Å². The van der Waals surface area contributed by atoms with Gasteiger partial charge in [0, 0.05) is 17.7 Å². The first-order chi connectivity index (χ1) is 13.5. The zero-order valence-electron chi connectivity index (χ0n) is 15.0. The van der Waals surface area contributed by atoms with E-state index in [0.717, 1.165) is 5.56 Å². The number of hydrogen-bond acceptors (Lipinski definition) is 6. The number of furan rings is 1.